The van der Waals surface area contributed by atoms with E-state index in [2.05, 4.69) is 55.5 Å². The van der Waals surface area contributed by atoms with Crippen molar-refractivity contribution >= 4 is 5.97 Å². The Morgan fingerprint density at radius 1 is 0.727 bits per heavy atom. The average molecular weight is 599 g/mol. The summed E-state index contributed by atoms with van der Waals surface area (Å²) in [5, 5.41) is 10.9. The number of aromatic hydroxyl groups is 1. The second-order valence-corrected chi connectivity index (χ2v) is 14.9. The Kier molecular flexibility index (Phi) is 11.2. The van der Waals surface area contributed by atoms with Gasteiger partial charge in [0.05, 0.1) is 18.8 Å². The standard InChI is InChI=1S/C40H54O4/c1-28-12-14-29(15-13-28)30-16-18-31(19-17-30)32-20-22-34(23-21-32)43-24-10-8-9-11-25-44-38(42)33-26-35(39(2,3)4)37(41)36(27-33)40(5,6)7/h16-23,26-29,41H,8-15,24-25H2,1-7H3. The Hall–Kier alpha value is -3.27. The van der Waals surface area contributed by atoms with Crippen molar-refractivity contribution in [2.24, 2.45) is 5.92 Å². The summed E-state index contributed by atoms with van der Waals surface area (Å²) in [6.07, 6.45) is 9.10. The van der Waals surface area contributed by atoms with Gasteiger partial charge < -0.3 is 14.6 Å². The van der Waals surface area contributed by atoms with E-state index in [9.17, 15) is 9.90 Å². The van der Waals surface area contributed by atoms with E-state index in [1.807, 2.05) is 41.5 Å². The van der Waals surface area contributed by atoms with Crippen LogP contribution in [0, 0.1) is 5.92 Å². The normalized spacial score (nSPS) is 17.3. The minimum absolute atomic E-state index is 0.272. The molecule has 1 aliphatic rings. The topological polar surface area (TPSA) is 55.8 Å². The molecular weight excluding hydrogens is 544 g/mol. The van der Waals surface area contributed by atoms with Crippen molar-refractivity contribution < 1.29 is 19.4 Å². The van der Waals surface area contributed by atoms with Crippen LogP contribution in [0.2, 0.25) is 0 Å². The van der Waals surface area contributed by atoms with Gasteiger partial charge in [-0.05, 0) is 102 Å². The Morgan fingerprint density at radius 2 is 1.23 bits per heavy atom. The number of hydrogen-bond donors (Lipinski definition) is 1. The number of phenols is 1. The summed E-state index contributed by atoms with van der Waals surface area (Å²) in [7, 11) is 0. The second kappa shape index (κ2) is 14.7. The molecule has 1 aliphatic carbocycles. The molecule has 0 spiro atoms. The highest BCUT2D eigenvalue weighted by molar-refractivity contribution is 5.90. The molecule has 4 heteroatoms. The van der Waals surface area contributed by atoms with Crippen molar-refractivity contribution in [2.45, 2.75) is 117 Å². The van der Waals surface area contributed by atoms with Crippen LogP contribution in [-0.4, -0.2) is 24.3 Å². The highest BCUT2D eigenvalue weighted by Crippen LogP contribution is 2.40. The Bertz CT molecular complexity index is 1310. The lowest BCUT2D eigenvalue weighted by Gasteiger charge is -2.28. The molecule has 1 fully saturated rings. The van der Waals surface area contributed by atoms with Gasteiger partial charge in [0.25, 0.3) is 0 Å². The van der Waals surface area contributed by atoms with Crippen LogP contribution < -0.4 is 4.74 Å². The van der Waals surface area contributed by atoms with Gasteiger partial charge in [-0.15, -0.1) is 0 Å². The van der Waals surface area contributed by atoms with Gasteiger partial charge in [0.2, 0.25) is 0 Å². The third-order valence-corrected chi connectivity index (χ3v) is 9.09. The molecule has 0 radical (unpaired) electrons. The van der Waals surface area contributed by atoms with Crippen LogP contribution >= 0.6 is 0 Å². The fourth-order valence-electron chi connectivity index (χ4n) is 6.18. The van der Waals surface area contributed by atoms with Gasteiger partial charge in [0.15, 0.2) is 0 Å². The van der Waals surface area contributed by atoms with Crippen LogP contribution in [0.25, 0.3) is 11.1 Å². The molecule has 1 saturated carbocycles. The third kappa shape index (κ3) is 9.13. The van der Waals surface area contributed by atoms with Crippen LogP contribution in [0.4, 0.5) is 0 Å². The Labute approximate surface area is 266 Å². The summed E-state index contributed by atoms with van der Waals surface area (Å²) in [6.45, 7) is 15.7. The molecule has 44 heavy (non-hydrogen) atoms. The lowest BCUT2D eigenvalue weighted by atomic mass is 9.78. The maximum atomic E-state index is 12.9. The van der Waals surface area contributed by atoms with Gasteiger partial charge in [0, 0.05) is 11.1 Å². The predicted molar refractivity (Wildman–Crippen MR) is 182 cm³/mol. The molecular formula is C40H54O4. The first kappa shape index (κ1) is 33.6. The third-order valence-electron chi connectivity index (χ3n) is 9.09. The largest absolute Gasteiger partial charge is 0.507 e. The van der Waals surface area contributed by atoms with Crippen molar-refractivity contribution in [2.75, 3.05) is 13.2 Å². The highest BCUT2D eigenvalue weighted by atomic mass is 16.5. The summed E-state index contributed by atoms with van der Waals surface area (Å²) in [5.41, 5.74) is 5.42. The average Bonchev–Trinajstić information content (AvgIpc) is 2.98. The van der Waals surface area contributed by atoms with E-state index < -0.39 is 0 Å². The van der Waals surface area contributed by atoms with Crippen LogP contribution in [0.1, 0.15) is 133 Å². The van der Waals surface area contributed by atoms with Gasteiger partial charge in [-0.2, -0.15) is 0 Å². The van der Waals surface area contributed by atoms with Gasteiger partial charge in [-0.25, -0.2) is 4.79 Å². The first-order valence-corrected chi connectivity index (χ1v) is 16.7. The molecule has 3 aromatic carbocycles. The number of carbonyl (C=O) groups is 1. The second-order valence-electron chi connectivity index (χ2n) is 14.9. The SMILES string of the molecule is CC1CCC(c2ccc(-c3ccc(OCCCCCCOC(=O)c4cc(C(C)(C)C)c(O)c(C(C)(C)C)c4)cc3)cc2)CC1. The molecule has 0 heterocycles. The number of rotatable bonds is 11. The van der Waals surface area contributed by atoms with Gasteiger partial charge >= 0.3 is 5.97 Å². The minimum Gasteiger partial charge on any atom is -0.507 e. The molecule has 4 rings (SSSR count). The molecule has 0 saturated heterocycles. The lowest BCUT2D eigenvalue weighted by molar-refractivity contribution is 0.0497. The summed E-state index contributed by atoms with van der Waals surface area (Å²) in [5.74, 6) is 2.44. The summed E-state index contributed by atoms with van der Waals surface area (Å²) in [4.78, 5) is 12.9. The van der Waals surface area contributed by atoms with Crippen molar-refractivity contribution in [3.8, 4) is 22.6 Å². The van der Waals surface area contributed by atoms with Gasteiger partial charge in [-0.1, -0.05) is 97.7 Å². The number of benzene rings is 3. The number of hydrogen-bond acceptors (Lipinski definition) is 4. The predicted octanol–water partition coefficient (Wildman–Crippen LogP) is 10.7. The van der Waals surface area contributed by atoms with Crippen LogP contribution in [0.3, 0.4) is 0 Å². The number of carbonyl (C=O) groups excluding carboxylic acids is 1. The van der Waals surface area contributed by atoms with Crippen molar-refractivity contribution in [3.05, 3.63) is 82.9 Å². The molecule has 1 N–H and O–H groups in total. The quantitative estimate of drug-likeness (QED) is 0.176. The summed E-state index contributed by atoms with van der Waals surface area (Å²) >= 11 is 0. The molecule has 238 valence electrons. The van der Waals surface area contributed by atoms with E-state index in [1.165, 1.54) is 42.4 Å². The number of esters is 1. The van der Waals surface area contributed by atoms with E-state index in [0.29, 0.717) is 18.8 Å². The molecule has 0 aliphatic heterocycles. The molecule has 0 atom stereocenters. The monoisotopic (exact) mass is 598 g/mol. The van der Waals surface area contributed by atoms with Gasteiger partial charge in [0.1, 0.15) is 11.5 Å². The van der Waals surface area contributed by atoms with Gasteiger partial charge in [-0.3, -0.25) is 0 Å². The number of ether oxygens (including phenoxy) is 2. The van der Waals surface area contributed by atoms with Crippen LogP contribution in [0.15, 0.2) is 60.7 Å². The van der Waals surface area contributed by atoms with E-state index >= 15 is 0 Å². The molecule has 3 aromatic rings. The van der Waals surface area contributed by atoms with Crippen molar-refractivity contribution in [1.82, 2.24) is 0 Å². The van der Waals surface area contributed by atoms with E-state index in [-0.39, 0.29) is 22.5 Å². The first-order valence-electron chi connectivity index (χ1n) is 16.7. The van der Waals surface area contributed by atoms with E-state index in [0.717, 1.165) is 54.4 Å². The smallest absolute Gasteiger partial charge is 0.338 e. The molecule has 0 amide bonds. The highest BCUT2D eigenvalue weighted by Gasteiger charge is 2.28. The van der Waals surface area contributed by atoms with Crippen LogP contribution in [-0.2, 0) is 15.6 Å². The fourth-order valence-corrected chi connectivity index (χ4v) is 6.18. The zero-order chi connectivity index (χ0) is 31.9. The minimum atomic E-state index is -0.331. The number of unbranched alkanes of at least 4 members (excludes halogenated alkanes) is 3. The summed E-state index contributed by atoms with van der Waals surface area (Å²) in [6, 6.07) is 21.1. The van der Waals surface area contributed by atoms with E-state index in [1.54, 1.807) is 12.1 Å². The maximum absolute atomic E-state index is 12.9. The van der Waals surface area contributed by atoms with E-state index in [4.69, 9.17) is 9.47 Å². The Balaban J connectivity index is 1.16. The zero-order valence-corrected chi connectivity index (χ0v) is 28.2. The zero-order valence-electron chi connectivity index (χ0n) is 28.2. The van der Waals surface area contributed by atoms with Crippen molar-refractivity contribution in [1.29, 1.82) is 0 Å². The number of phenolic OH excluding ortho intramolecular Hbond substituents is 1. The first-order chi connectivity index (χ1) is 20.8. The Morgan fingerprint density at radius 3 is 1.75 bits per heavy atom. The molecule has 0 bridgehead atoms. The van der Waals surface area contributed by atoms with Crippen molar-refractivity contribution in [3.63, 3.8) is 0 Å². The lowest BCUT2D eigenvalue weighted by Crippen LogP contribution is -2.19. The molecule has 0 aromatic heterocycles. The van der Waals surface area contributed by atoms with Crippen LogP contribution in [0.5, 0.6) is 11.5 Å². The summed E-state index contributed by atoms with van der Waals surface area (Å²) < 4.78 is 11.6. The molecule has 0 unspecified atom stereocenters. The molecule has 4 nitrogen and oxygen atoms in total. The fraction of sp³-hybridized carbons (Fsp3) is 0.525. The maximum Gasteiger partial charge on any atom is 0.338 e.